The van der Waals surface area contributed by atoms with Crippen LogP contribution in [0.25, 0.3) is 11.5 Å². The van der Waals surface area contributed by atoms with Gasteiger partial charge in [-0.3, -0.25) is 4.79 Å². The second kappa shape index (κ2) is 8.44. The molecule has 0 saturated carbocycles. The lowest BCUT2D eigenvalue weighted by Crippen LogP contribution is -2.12. The molecule has 1 heterocycles. The van der Waals surface area contributed by atoms with Gasteiger partial charge in [0.1, 0.15) is 0 Å². The predicted molar refractivity (Wildman–Crippen MR) is 105 cm³/mol. The Morgan fingerprint density at radius 1 is 1.16 bits per heavy atom. The van der Waals surface area contributed by atoms with Gasteiger partial charge in [-0.25, -0.2) is 0 Å². The molecule has 25 heavy (non-hydrogen) atoms. The summed E-state index contributed by atoms with van der Waals surface area (Å²) in [5.74, 6) is 0.926. The highest BCUT2D eigenvalue weighted by Gasteiger charge is 2.10. The molecule has 1 aromatic heterocycles. The average molecular weight is 468 g/mol. The van der Waals surface area contributed by atoms with Crippen molar-refractivity contribution >= 4 is 45.8 Å². The van der Waals surface area contributed by atoms with E-state index in [2.05, 4.69) is 38.1 Å². The van der Waals surface area contributed by atoms with Crippen molar-refractivity contribution in [2.45, 2.75) is 19.3 Å². The normalized spacial score (nSPS) is 10.6. The lowest BCUT2D eigenvalue weighted by Gasteiger charge is -2.07. The maximum absolute atomic E-state index is 12.0. The number of aromatic nitrogens is 2. The van der Waals surface area contributed by atoms with Gasteiger partial charge in [0, 0.05) is 22.0 Å². The monoisotopic (exact) mass is 467 g/mol. The summed E-state index contributed by atoms with van der Waals surface area (Å²) >= 11 is 8.28. The molecule has 5 nitrogen and oxygen atoms in total. The molecule has 7 heteroatoms. The van der Waals surface area contributed by atoms with Crippen LogP contribution < -0.4 is 5.32 Å². The van der Waals surface area contributed by atoms with Gasteiger partial charge in [-0.15, -0.1) is 10.2 Å². The van der Waals surface area contributed by atoms with E-state index in [-0.39, 0.29) is 5.91 Å². The fraction of sp³-hybridized carbons (Fsp3) is 0.167. The summed E-state index contributed by atoms with van der Waals surface area (Å²) in [7, 11) is 0. The number of amides is 1. The van der Waals surface area contributed by atoms with Crippen molar-refractivity contribution in [3.63, 3.8) is 0 Å². The predicted octanol–water partition coefficient (Wildman–Crippen LogP) is 4.96. The first-order valence-corrected chi connectivity index (χ1v) is 9.20. The quantitative estimate of drug-likeness (QED) is 0.521. The number of nitrogens with one attached hydrogen (secondary N) is 1. The molecule has 0 saturated heterocycles. The highest BCUT2D eigenvalue weighted by Crippen LogP contribution is 2.24. The van der Waals surface area contributed by atoms with E-state index < -0.39 is 0 Å². The van der Waals surface area contributed by atoms with Crippen molar-refractivity contribution in [1.29, 1.82) is 0 Å². The molecule has 0 fully saturated rings. The maximum Gasteiger partial charge on any atom is 0.247 e. The molecular weight excluding hydrogens is 453 g/mol. The SMILES string of the molecule is O=C(CCCc1nnc(-c2ccccc2)o1)Nc1ccc(I)cc1Cl. The minimum Gasteiger partial charge on any atom is -0.421 e. The average Bonchev–Trinajstić information content (AvgIpc) is 3.07. The Balaban J connectivity index is 1.49. The van der Waals surface area contributed by atoms with E-state index in [1.54, 1.807) is 12.1 Å². The second-order valence-electron chi connectivity index (χ2n) is 5.39. The molecule has 3 aromatic rings. The molecule has 0 atom stereocenters. The first-order valence-electron chi connectivity index (χ1n) is 7.74. The van der Waals surface area contributed by atoms with Crippen molar-refractivity contribution < 1.29 is 9.21 Å². The van der Waals surface area contributed by atoms with Crippen molar-refractivity contribution in [3.8, 4) is 11.5 Å². The van der Waals surface area contributed by atoms with Gasteiger partial charge in [-0.1, -0.05) is 29.8 Å². The van der Waals surface area contributed by atoms with Crippen LogP contribution in [0.4, 0.5) is 5.69 Å². The van der Waals surface area contributed by atoms with Gasteiger partial charge in [0.2, 0.25) is 17.7 Å². The van der Waals surface area contributed by atoms with Crippen LogP contribution >= 0.6 is 34.2 Å². The van der Waals surface area contributed by atoms with Crippen LogP contribution in [0.3, 0.4) is 0 Å². The third-order valence-corrected chi connectivity index (χ3v) is 4.47. The summed E-state index contributed by atoms with van der Waals surface area (Å²) in [5, 5.41) is 11.4. The van der Waals surface area contributed by atoms with Crippen LogP contribution in [-0.2, 0) is 11.2 Å². The second-order valence-corrected chi connectivity index (χ2v) is 7.05. The number of carbonyl (C=O) groups is 1. The first-order chi connectivity index (χ1) is 12.1. The summed E-state index contributed by atoms with van der Waals surface area (Å²) in [4.78, 5) is 12.0. The van der Waals surface area contributed by atoms with Crippen LogP contribution in [0.15, 0.2) is 52.9 Å². The highest BCUT2D eigenvalue weighted by atomic mass is 127. The topological polar surface area (TPSA) is 68.0 Å². The minimum atomic E-state index is -0.0918. The van der Waals surface area contributed by atoms with Crippen molar-refractivity contribution in [2.75, 3.05) is 5.32 Å². The summed E-state index contributed by atoms with van der Waals surface area (Å²) in [6.07, 6.45) is 1.52. The Bertz CT molecular complexity index is 868. The Labute approximate surface area is 163 Å². The molecule has 1 amide bonds. The summed E-state index contributed by atoms with van der Waals surface area (Å²) in [6, 6.07) is 15.1. The number of hydrogen-bond donors (Lipinski definition) is 1. The third kappa shape index (κ3) is 5.02. The molecule has 128 valence electrons. The van der Waals surface area contributed by atoms with E-state index in [0.717, 1.165) is 9.13 Å². The number of aryl methyl sites for hydroxylation is 1. The standard InChI is InChI=1S/C18H15ClIN3O2/c19-14-11-13(20)9-10-15(14)21-16(24)7-4-8-17-22-23-18(25-17)12-5-2-1-3-6-12/h1-3,5-6,9-11H,4,7-8H2,(H,21,24). The Morgan fingerprint density at radius 3 is 2.72 bits per heavy atom. The van der Waals surface area contributed by atoms with E-state index in [1.807, 2.05) is 36.4 Å². The smallest absolute Gasteiger partial charge is 0.247 e. The van der Waals surface area contributed by atoms with Gasteiger partial charge in [0.25, 0.3) is 0 Å². The molecule has 0 bridgehead atoms. The molecule has 0 aliphatic heterocycles. The maximum atomic E-state index is 12.0. The van der Waals surface area contributed by atoms with Gasteiger partial charge in [0.05, 0.1) is 10.7 Å². The van der Waals surface area contributed by atoms with Gasteiger partial charge < -0.3 is 9.73 Å². The molecule has 0 aliphatic carbocycles. The number of benzene rings is 2. The Morgan fingerprint density at radius 2 is 1.96 bits per heavy atom. The van der Waals surface area contributed by atoms with Crippen LogP contribution in [0.5, 0.6) is 0 Å². The summed E-state index contributed by atoms with van der Waals surface area (Å²) in [6.45, 7) is 0. The fourth-order valence-electron chi connectivity index (χ4n) is 2.26. The van der Waals surface area contributed by atoms with E-state index in [0.29, 0.717) is 41.8 Å². The number of rotatable bonds is 6. The zero-order valence-corrected chi connectivity index (χ0v) is 16.1. The summed E-state index contributed by atoms with van der Waals surface area (Å²) in [5.41, 5.74) is 1.50. The van der Waals surface area contributed by atoms with Crippen LogP contribution in [0.1, 0.15) is 18.7 Å². The van der Waals surface area contributed by atoms with Gasteiger partial charge >= 0.3 is 0 Å². The van der Waals surface area contributed by atoms with Crippen molar-refractivity contribution in [2.24, 2.45) is 0 Å². The van der Waals surface area contributed by atoms with E-state index in [9.17, 15) is 4.79 Å². The largest absolute Gasteiger partial charge is 0.421 e. The number of halogens is 2. The van der Waals surface area contributed by atoms with Gasteiger partial charge in [-0.05, 0) is 59.3 Å². The van der Waals surface area contributed by atoms with Crippen LogP contribution in [0, 0.1) is 3.57 Å². The molecule has 0 radical (unpaired) electrons. The molecule has 0 spiro atoms. The number of anilines is 1. The van der Waals surface area contributed by atoms with Crippen LogP contribution in [0.2, 0.25) is 5.02 Å². The molecule has 2 aromatic carbocycles. The third-order valence-electron chi connectivity index (χ3n) is 3.49. The van der Waals surface area contributed by atoms with Gasteiger partial charge in [0.15, 0.2) is 0 Å². The highest BCUT2D eigenvalue weighted by molar-refractivity contribution is 14.1. The number of nitrogens with zero attached hydrogens (tertiary/aromatic N) is 2. The summed E-state index contributed by atoms with van der Waals surface area (Å²) < 4.78 is 6.65. The van der Waals surface area contributed by atoms with Gasteiger partial charge in [-0.2, -0.15) is 0 Å². The van der Waals surface area contributed by atoms with Crippen LogP contribution in [-0.4, -0.2) is 16.1 Å². The van der Waals surface area contributed by atoms with Crippen molar-refractivity contribution in [1.82, 2.24) is 10.2 Å². The van der Waals surface area contributed by atoms with E-state index in [1.165, 1.54) is 0 Å². The molecule has 3 rings (SSSR count). The first kappa shape index (κ1) is 17.9. The molecule has 0 unspecified atom stereocenters. The minimum absolute atomic E-state index is 0.0918. The lowest BCUT2D eigenvalue weighted by molar-refractivity contribution is -0.116. The number of carbonyl (C=O) groups excluding carboxylic acids is 1. The fourth-order valence-corrected chi connectivity index (χ4v) is 3.16. The zero-order valence-electron chi connectivity index (χ0n) is 13.2. The van der Waals surface area contributed by atoms with E-state index >= 15 is 0 Å². The van der Waals surface area contributed by atoms with E-state index in [4.69, 9.17) is 16.0 Å². The Kier molecular flexibility index (Phi) is 6.04. The molecule has 0 aliphatic rings. The lowest BCUT2D eigenvalue weighted by atomic mass is 10.2. The Hall–Kier alpha value is -1.93. The molecule has 1 N–H and O–H groups in total. The number of hydrogen-bond acceptors (Lipinski definition) is 4. The zero-order chi connectivity index (χ0) is 17.6. The molecular formula is C18H15ClIN3O2. The van der Waals surface area contributed by atoms with Crippen molar-refractivity contribution in [3.05, 3.63) is 63.0 Å².